The molecule has 1 aliphatic heterocycles. The van der Waals surface area contributed by atoms with Gasteiger partial charge in [-0.15, -0.1) is 11.6 Å². The molecule has 2 rings (SSSR count). The van der Waals surface area contributed by atoms with Crippen molar-refractivity contribution in [3.05, 3.63) is 18.0 Å². The summed E-state index contributed by atoms with van der Waals surface area (Å²) < 4.78 is 2.13. The molecule has 0 N–H and O–H groups in total. The third-order valence-corrected chi connectivity index (χ3v) is 4.82. The predicted molar refractivity (Wildman–Crippen MR) is 80.5 cm³/mol. The average Bonchev–Trinajstić information content (AvgIpc) is 2.99. The minimum atomic E-state index is 0.514. The van der Waals surface area contributed by atoms with Crippen LogP contribution in [0.3, 0.4) is 0 Å². The van der Waals surface area contributed by atoms with Crippen LogP contribution in [0.25, 0.3) is 0 Å². The molecule has 1 aliphatic rings. The first kappa shape index (κ1) is 14.9. The van der Waals surface area contributed by atoms with Crippen molar-refractivity contribution in [3.8, 4) is 0 Å². The second-order valence-corrected chi connectivity index (χ2v) is 6.02. The fourth-order valence-electron chi connectivity index (χ4n) is 3.07. The average molecular weight is 284 g/mol. The molecule has 19 heavy (non-hydrogen) atoms. The monoisotopic (exact) mass is 283 g/mol. The Morgan fingerprint density at radius 2 is 2.16 bits per heavy atom. The highest BCUT2D eigenvalue weighted by molar-refractivity contribution is 6.18. The molecule has 0 amide bonds. The Kier molecular flexibility index (Phi) is 5.28. The lowest BCUT2D eigenvalue weighted by Gasteiger charge is -2.24. The lowest BCUT2D eigenvalue weighted by Crippen LogP contribution is -2.33. The number of alkyl halides is 1. The van der Waals surface area contributed by atoms with Crippen LogP contribution in [0.15, 0.2) is 12.3 Å². The first-order valence-electron chi connectivity index (χ1n) is 7.53. The third-order valence-electron chi connectivity index (χ3n) is 4.50. The standard InChI is InChI=1S/C15H26ClN3/c1-4-14(5-2)19-9-7-13(17-19)11-18-8-6-12(3)15(18)10-16/h7,9,12,14-15H,4-6,8,10-11H2,1-3H3. The van der Waals surface area contributed by atoms with Gasteiger partial charge in [0.05, 0.1) is 11.7 Å². The summed E-state index contributed by atoms with van der Waals surface area (Å²) in [5, 5.41) is 4.74. The van der Waals surface area contributed by atoms with E-state index in [1.165, 1.54) is 12.1 Å². The molecule has 1 aromatic heterocycles. The molecule has 108 valence electrons. The minimum Gasteiger partial charge on any atom is -0.293 e. The molecular formula is C15H26ClN3. The van der Waals surface area contributed by atoms with Gasteiger partial charge >= 0.3 is 0 Å². The fourth-order valence-corrected chi connectivity index (χ4v) is 3.57. The Hall–Kier alpha value is -0.540. The van der Waals surface area contributed by atoms with E-state index in [0.29, 0.717) is 18.0 Å². The van der Waals surface area contributed by atoms with E-state index in [2.05, 4.69) is 42.6 Å². The molecule has 0 aromatic carbocycles. The van der Waals surface area contributed by atoms with Crippen LogP contribution >= 0.6 is 11.6 Å². The summed E-state index contributed by atoms with van der Waals surface area (Å²) in [4.78, 5) is 2.48. The molecule has 4 heteroatoms. The maximum absolute atomic E-state index is 6.10. The number of rotatable bonds is 6. The molecule has 0 bridgehead atoms. The Morgan fingerprint density at radius 1 is 1.42 bits per heavy atom. The smallest absolute Gasteiger partial charge is 0.0765 e. The number of likely N-dealkylation sites (tertiary alicyclic amines) is 1. The second kappa shape index (κ2) is 6.76. The van der Waals surface area contributed by atoms with Gasteiger partial charge in [-0.2, -0.15) is 5.10 Å². The zero-order valence-electron chi connectivity index (χ0n) is 12.3. The van der Waals surface area contributed by atoms with Crippen LogP contribution in [0.2, 0.25) is 0 Å². The van der Waals surface area contributed by atoms with Gasteiger partial charge in [-0.3, -0.25) is 9.58 Å². The molecule has 1 aromatic rings. The summed E-state index contributed by atoms with van der Waals surface area (Å²) in [6.45, 7) is 8.84. The summed E-state index contributed by atoms with van der Waals surface area (Å²) in [6, 6.07) is 3.21. The van der Waals surface area contributed by atoms with Gasteiger partial charge in [0, 0.05) is 24.7 Å². The molecule has 0 radical (unpaired) electrons. The van der Waals surface area contributed by atoms with Crippen molar-refractivity contribution >= 4 is 11.6 Å². The van der Waals surface area contributed by atoms with Crippen LogP contribution in [0, 0.1) is 5.92 Å². The van der Waals surface area contributed by atoms with E-state index in [1.54, 1.807) is 0 Å². The minimum absolute atomic E-state index is 0.514. The van der Waals surface area contributed by atoms with Gasteiger partial charge in [0.15, 0.2) is 0 Å². The highest BCUT2D eigenvalue weighted by atomic mass is 35.5. The van der Waals surface area contributed by atoms with Gasteiger partial charge in [-0.25, -0.2) is 0 Å². The van der Waals surface area contributed by atoms with Crippen LogP contribution in [-0.2, 0) is 6.54 Å². The van der Waals surface area contributed by atoms with Crippen molar-refractivity contribution < 1.29 is 0 Å². The van der Waals surface area contributed by atoms with E-state index in [4.69, 9.17) is 16.7 Å². The topological polar surface area (TPSA) is 21.1 Å². The van der Waals surface area contributed by atoms with E-state index in [0.717, 1.165) is 31.8 Å². The SMILES string of the molecule is CCC(CC)n1ccc(CN2CCC(C)C2CCl)n1. The second-order valence-electron chi connectivity index (χ2n) is 5.72. The quantitative estimate of drug-likeness (QED) is 0.743. The molecule has 2 atom stereocenters. The molecule has 2 unspecified atom stereocenters. The normalized spacial score (nSPS) is 24.5. The van der Waals surface area contributed by atoms with Gasteiger partial charge in [-0.05, 0) is 37.8 Å². The zero-order chi connectivity index (χ0) is 13.8. The zero-order valence-corrected chi connectivity index (χ0v) is 13.1. The number of nitrogens with zero attached hydrogens (tertiary/aromatic N) is 3. The number of aromatic nitrogens is 2. The number of hydrogen-bond acceptors (Lipinski definition) is 2. The van der Waals surface area contributed by atoms with E-state index in [9.17, 15) is 0 Å². The van der Waals surface area contributed by atoms with E-state index < -0.39 is 0 Å². The Bertz CT molecular complexity index is 386. The van der Waals surface area contributed by atoms with Crippen LogP contribution in [0.5, 0.6) is 0 Å². The van der Waals surface area contributed by atoms with Crippen LogP contribution in [0.4, 0.5) is 0 Å². The van der Waals surface area contributed by atoms with Crippen molar-refractivity contribution in [2.24, 2.45) is 5.92 Å². The number of halogens is 1. The lowest BCUT2D eigenvalue weighted by atomic mass is 10.1. The number of hydrogen-bond donors (Lipinski definition) is 0. The predicted octanol–water partition coefficient (Wildman–Crippen LogP) is 3.69. The first-order valence-corrected chi connectivity index (χ1v) is 8.07. The molecule has 1 saturated heterocycles. The van der Waals surface area contributed by atoms with E-state index in [-0.39, 0.29) is 0 Å². The first-order chi connectivity index (χ1) is 9.19. The largest absolute Gasteiger partial charge is 0.293 e. The fraction of sp³-hybridized carbons (Fsp3) is 0.800. The van der Waals surface area contributed by atoms with Gasteiger partial charge in [0.1, 0.15) is 0 Å². The molecule has 0 aliphatic carbocycles. The lowest BCUT2D eigenvalue weighted by molar-refractivity contribution is 0.238. The van der Waals surface area contributed by atoms with Gasteiger partial charge in [-0.1, -0.05) is 20.8 Å². The van der Waals surface area contributed by atoms with Crippen molar-refractivity contribution in [3.63, 3.8) is 0 Å². The summed E-state index contributed by atoms with van der Waals surface area (Å²) >= 11 is 6.10. The van der Waals surface area contributed by atoms with E-state index in [1.807, 2.05) is 0 Å². The summed E-state index contributed by atoms with van der Waals surface area (Å²) in [5.74, 6) is 1.44. The molecule has 0 spiro atoms. The Balaban J connectivity index is 2.00. The Morgan fingerprint density at radius 3 is 2.79 bits per heavy atom. The van der Waals surface area contributed by atoms with Crippen molar-refractivity contribution in [2.75, 3.05) is 12.4 Å². The van der Waals surface area contributed by atoms with Crippen LogP contribution in [0.1, 0.15) is 51.8 Å². The van der Waals surface area contributed by atoms with Crippen LogP contribution in [-0.4, -0.2) is 33.1 Å². The van der Waals surface area contributed by atoms with Crippen molar-refractivity contribution in [1.82, 2.24) is 14.7 Å². The molecule has 2 heterocycles. The van der Waals surface area contributed by atoms with E-state index >= 15 is 0 Å². The molecule has 1 fully saturated rings. The summed E-state index contributed by atoms with van der Waals surface area (Å²) in [7, 11) is 0. The van der Waals surface area contributed by atoms with Crippen molar-refractivity contribution in [1.29, 1.82) is 0 Å². The summed E-state index contributed by atoms with van der Waals surface area (Å²) in [6.07, 6.45) is 5.66. The molecule has 0 saturated carbocycles. The highest BCUT2D eigenvalue weighted by Crippen LogP contribution is 2.26. The Labute approximate surface area is 121 Å². The van der Waals surface area contributed by atoms with Gasteiger partial charge in [0.25, 0.3) is 0 Å². The third kappa shape index (κ3) is 3.32. The summed E-state index contributed by atoms with van der Waals surface area (Å²) in [5.41, 5.74) is 1.18. The maximum Gasteiger partial charge on any atom is 0.0765 e. The van der Waals surface area contributed by atoms with Gasteiger partial charge in [0.2, 0.25) is 0 Å². The van der Waals surface area contributed by atoms with Crippen molar-refractivity contribution in [2.45, 2.75) is 58.7 Å². The highest BCUT2D eigenvalue weighted by Gasteiger charge is 2.30. The van der Waals surface area contributed by atoms with Gasteiger partial charge < -0.3 is 0 Å². The van der Waals surface area contributed by atoms with Crippen LogP contribution < -0.4 is 0 Å². The molecular weight excluding hydrogens is 258 g/mol. The molecule has 3 nitrogen and oxygen atoms in total. The maximum atomic E-state index is 6.10.